The maximum absolute atomic E-state index is 12.3. The van der Waals surface area contributed by atoms with Crippen LogP contribution in [0.25, 0.3) is 27.9 Å². The minimum absolute atomic E-state index is 0.0965. The summed E-state index contributed by atoms with van der Waals surface area (Å²) >= 11 is 0. The van der Waals surface area contributed by atoms with Crippen LogP contribution in [0.3, 0.4) is 0 Å². The van der Waals surface area contributed by atoms with Crippen molar-refractivity contribution in [2.75, 3.05) is 44.3 Å². The summed E-state index contributed by atoms with van der Waals surface area (Å²) in [6, 6.07) is 7.90. The predicted molar refractivity (Wildman–Crippen MR) is 118 cm³/mol. The van der Waals surface area contributed by atoms with Crippen molar-refractivity contribution >= 4 is 28.5 Å². The zero-order chi connectivity index (χ0) is 20.8. The highest BCUT2D eigenvalue weighted by Gasteiger charge is 2.15. The molecular weight excluding hydrogens is 383 g/mol. The summed E-state index contributed by atoms with van der Waals surface area (Å²) in [4.78, 5) is 15.6. The number of fused-ring (bicyclic) bond motifs is 1. The number of alkyl halides is 1. The van der Waals surface area contributed by atoms with E-state index in [-0.39, 0.29) is 6.54 Å². The van der Waals surface area contributed by atoms with Crippen LogP contribution in [0.4, 0.5) is 10.2 Å². The molecule has 1 aliphatic heterocycles. The number of aliphatic imine (C=N–C) groups is 1. The Morgan fingerprint density at radius 1 is 1.30 bits per heavy atom. The summed E-state index contributed by atoms with van der Waals surface area (Å²) in [7, 11) is 0. The molecule has 0 aromatic carbocycles. The molecule has 0 atom stereocenters. The molecule has 3 aromatic rings. The third kappa shape index (κ3) is 4.30. The van der Waals surface area contributed by atoms with E-state index in [0.717, 1.165) is 60.7 Å². The number of nitrogens with zero attached hydrogens (tertiary/aromatic N) is 5. The minimum atomic E-state index is -0.512. The summed E-state index contributed by atoms with van der Waals surface area (Å²) in [6.45, 7) is 3.46. The van der Waals surface area contributed by atoms with E-state index in [1.807, 2.05) is 24.3 Å². The van der Waals surface area contributed by atoms with Gasteiger partial charge in [0, 0.05) is 43.0 Å². The van der Waals surface area contributed by atoms with Crippen molar-refractivity contribution in [2.24, 2.45) is 10.7 Å². The Kier molecular flexibility index (Phi) is 6.29. The molecule has 4 N–H and O–H groups in total. The lowest BCUT2D eigenvalue weighted by atomic mass is 10.1. The van der Waals surface area contributed by atoms with Crippen LogP contribution in [0.5, 0.6) is 0 Å². The Morgan fingerprint density at radius 3 is 3.10 bits per heavy atom. The molecule has 9 heteroatoms. The number of nitrogens with one attached hydrogen (secondary N) is 2. The summed E-state index contributed by atoms with van der Waals surface area (Å²) in [5.74, 6) is 0.947. The van der Waals surface area contributed by atoms with Gasteiger partial charge in [-0.25, -0.2) is 9.37 Å². The summed E-state index contributed by atoms with van der Waals surface area (Å²) < 4.78 is 12.3. The van der Waals surface area contributed by atoms with E-state index >= 15 is 0 Å². The lowest BCUT2D eigenvalue weighted by Gasteiger charge is -2.21. The Hall–Kier alpha value is -3.33. The van der Waals surface area contributed by atoms with Crippen LogP contribution in [-0.2, 0) is 0 Å². The molecule has 1 fully saturated rings. The van der Waals surface area contributed by atoms with Gasteiger partial charge >= 0.3 is 0 Å². The zero-order valence-electron chi connectivity index (χ0n) is 16.7. The van der Waals surface area contributed by atoms with Crippen LogP contribution < -0.4 is 16.0 Å². The number of aromatic amines is 1. The molecule has 0 bridgehead atoms. The van der Waals surface area contributed by atoms with E-state index < -0.39 is 6.67 Å². The van der Waals surface area contributed by atoms with Gasteiger partial charge in [-0.3, -0.25) is 15.1 Å². The Morgan fingerprint density at radius 2 is 2.23 bits per heavy atom. The first-order chi connectivity index (χ1) is 14.8. The first-order valence-electron chi connectivity index (χ1n) is 10.1. The second kappa shape index (κ2) is 9.45. The van der Waals surface area contributed by atoms with Crippen LogP contribution in [0, 0.1) is 0 Å². The van der Waals surface area contributed by atoms with Crippen molar-refractivity contribution in [1.82, 2.24) is 25.5 Å². The maximum atomic E-state index is 12.3. The Labute approximate surface area is 174 Å². The van der Waals surface area contributed by atoms with Gasteiger partial charge in [-0.05, 0) is 31.2 Å². The molecule has 0 spiro atoms. The van der Waals surface area contributed by atoms with Gasteiger partial charge in [0.1, 0.15) is 18.2 Å². The third-order valence-corrected chi connectivity index (χ3v) is 5.01. The van der Waals surface area contributed by atoms with Gasteiger partial charge in [-0.2, -0.15) is 5.10 Å². The van der Waals surface area contributed by atoms with Gasteiger partial charge in [-0.1, -0.05) is 6.07 Å². The van der Waals surface area contributed by atoms with E-state index in [0.29, 0.717) is 11.3 Å². The molecule has 0 saturated carbocycles. The second-order valence-corrected chi connectivity index (χ2v) is 7.01. The smallest absolute Gasteiger partial charge is 0.129 e. The molecule has 0 radical (unpaired) electrons. The van der Waals surface area contributed by atoms with E-state index in [9.17, 15) is 4.39 Å². The number of rotatable bonds is 6. The number of nitrogens with two attached hydrogens (primary N) is 1. The van der Waals surface area contributed by atoms with Crippen molar-refractivity contribution in [2.45, 2.75) is 6.42 Å². The molecule has 1 saturated heterocycles. The normalized spacial score (nSPS) is 15.8. The summed E-state index contributed by atoms with van der Waals surface area (Å²) in [5, 5.41) is 11.8. The van der Waals surface area contributed by atoms with E-state index in [4.69, 9.17) is 10.7 Å². The largest absolute Gasteiger partial charge is 0.404 e. The standard InChI is InChI=1S/C21H25FN8/c22-5-7-25-13-15(12-23)18-11-16-19(14-26-18)28-29-21(16)17-3-1-4-20(27-17)30-9-2-6-24-8-10-30/h1,3-4,11-14,24H,2,5-10,23H2,(H,28,29). The number of hydrogen-bond acceptors (Lipinski definition) is 7. The third-order valence-electron chi connectivity index (χ3n) is 5.01. The Balaban J connectivity index is 1.68. The number of halogens is 1. The van der Waals surface area contributed by atoms with E-state index in [1.165, 1.54) is 6.20 Å². The first kappa shape index (κ1) is 20.0. The van der Waals surface area contributed by atoms with Crippen molar-refractivity contribution < 1.29 is 4.39 Å². The van der Waals surface area contributed by atoms with Gasteiger partial charge in [0.05, 0.1) is 29.6 Å². The summed E-state index contributed by atoms with van der Waals surface area (Å²) in [5.41, 5.74) is 9.34. The molecule has 0 unspecified atom stereocenters. The highest BCUT2D eigenvalue weighted by Crippen LogP contribution is 2.28. The van der Waals surface area contributed by atoms with Crippen LogP contribution in [-0.4, -0.2) is 65.8 Å². The topological polar surface area (TPSA) is 108 Å². The number of aromatic nitrogens is 4. The molecule has 0 amide bonds. The molecule has 156 valence electrons. The average Bonchev–Trinajstić information content (AvgIpc) is 3.01. The second-order valence-electron chi connectivity index (χ2n) is 7.01. The van der Waals surface area contributed by atoms with Crippen molar-refractivity contribution in [3.8, 4) is 11.4 Å². The first-order valence-corrected chi connectivity index (χ1v) is 10.1. The molecule has 8 nitrogen and oxygen atoms in total. The molecule has 4 heterocycles. The van der Waals surface area contributed by atoms with Crippen LogP contribution in [0.2, 0.25) is 0 Å². The van der Waals surface area contributed by atoms with Gasteiger partial charge in [-0.15, -0.1) is 0 Å². The number of allylic oxidation sites excluding steroid dienone is 1. The van der Waals surface area contributed by atoms with Gasteiger partial charge in [0.15, 0.2) is 0 Å². The van der Waals surface area contributed by atoms with Crippen molar-refractivity contribution in [3.05, 3.63) is 42.4 Å². The number of pyridine rings is 2. The fourth-order valence-electron chi connectivity index (χ4n) is 3.48. The molecule has 3 aromatic heterocycles. The molecule has 4 rings (SSSR count). The fraction of sp³-hybridized carbons (Fsp3) is 0.333. The van der Waals surface area contributed by atoms with Crippen LogP contribution >= 0.6 is 0 Å². The number of hydrogen-bond donors (Lipinski definition) is 3. The summed E-state index contributed by atoms with van der Waals surface area (Å²) in [6.07, 6.45) is 5.75. The van der Waals surface area contributed by atoms with Gasteiger partial charge in [0.2, 0.25) is 0 Å². The maximum Gasteiger partial charge on any atom is 0.129 e. The quantitative estimate of drug-likeness (QED) is 0.540. The average molecular weight is 408 g/mol. The van der Waals surface area contributed by atoms with Crippen LogP contribution in [0.1, 0.15) is 12.1 Å². The lowest BCUT2D eigenvalue weighted by Crippen LogP contribution is -2.28. The molecule has 0 aliphatic carbocycles. The molecule has 1 aliphatic rings. The van der Waals surface area contributed by atoms with Gasteiger partial charge in [0.25, 0.3) is 0 Å². The Bertz CT molecular complexity index is 1050. The minimum Gasteiger partial charge on any atom is -0.404 e. The highest BCUT2D eigenvalue weighted by atomic mass is 19.1. The monoisotopic (exact) mass is 408 g/mol. The van der Waals surface area contributed by atoms with Gasteiger partial charge < -0.3 is 16.0 Å². The van der Waals surface area contributed by atoms with E-state index in [1.54, 1.807) is 12.4 Å². The number of H-pyrrole nitrogens is 1. The van der Waals surface area contributed by atoms with Crippen molar-refractivity contribution in [1.29, 1.82) is 0 Å². The predicted octanol–water partition coefficient (Wildman–Crippen LogP) is 2.16. The van der Waals surface area contributed by atoms with E-state index in [2.05, 4.69) is 30.4 Å². The van der Waals surface area contributed by atoms with Crippen LogP contribution in [0.15, 0.2) is 41.7 Å². The number of anilines is 1. The zero-order valence-corrected chi connectivity index (χ0v) is 16.7. The SMILES string of the molecule is NC=C(C=NCCF)c1cc2c(-c3cccc(N4CCCNCC4)n3)n[nH]c2cn1. The molecular formula is C21H25FN8. The van der Waals surface area contributed by atoms with Crippen molar-refractivity contribution in [3.63, 3.8) is 0 Å². The fourth-order valence-corrected chi connectivity index (χ4v) is 3.48. The molecule has 30 heavy (non-hydrogen) atoms. The highest BCUT2D eigenvalue weighted by molar-refractivity contribution is 6.10. The lowest BCUT2D eigenvalue weighted by molar-refractivity contribution is 0.505.